The van der Waals surface area contributed by atoms with Gasteiger partial charge in [0.1, 0.15) is 18.5 Å². The van der Waals surface area contributed by atoms with Gasteiger partial charge in [0.2, 0.25) is 11.8 Å². The number of methoxy groups -OCH3 is 1. The Morgan fingerprint density at radius 2 is 2.02 bits per heavy atom. The number of para-hydroxylation sites is 1. The van der Waals surface area contributed by atoms with Gasteiger partial charge in [0.25, 0.3) is 0 Å². The van der Waals surface area contributed by atoms with E-state index in [2.05, 4.69) is 10.3 Å². The Morgan fingerprint density at radius 3 is 2.71 bits per heavy atom. The van der Waals surface area contributed by atoms with Gasteiger partial charge >= 0.3 is 0 Å². The number of hydrogen-bond acceptors (Lipinski definition) is 7. The van der Waals surface area contributed by atoms with Gasteiger partial charge in [0.05, 0.1) is 23.3 Å². The van der Waals surface area contributed by atoms with Crippen LogP contribution in [0.5, 0.6) is 11.5 Å². The molecule has 0 saturated heterocycles. The quantitative estimate of drug-likeness (QED) is 0.171. The van der Waals surface area contributed by atoms with E-state index in [1.807, 2.05) is 52.9 Å². The second-order valence-electron chi connectivity index (χ2n) is 9.74. The summed E-state index contributed by atoms with van der Waals surface area (Å²) >= 11 is 2.02. The first-order chi connectivity index (χ1) is 19.8. The number of carbonyl (C=O) groups excluding carboxylic acids is 3. The third-order valence-corrected chi connectivity index (χ3v) is 7.89. The summed E-state index contributed by atoms with van der Waals surface area (Å²) < 4.78 is 12.3. The number of nitrogens with zero attached hydrogens (tertiary/aromatic N) is 1. The van der Waals surface area contributed by atoms with Crippen molar-refractivity contribution in [3.05, 3.63) is 68.9 Å². The third kappa shape index (κ3) is 7.08. The summed E-state index contributed by atoms with van der Waals surface area (Å²) in [5.74, 6) is 0.0278. The number of nitrogens with one attached hydrogen (secondary N) is 2. The lowest BCUT2D eigenvalue weighted by Crippen LogP contribution is -2.55. The van der Waals surface area contributed by atoms with Crippen molar-refractivity contribution in [2.45, 2.75) is 44.4 Å². The molecule has 2 amide bonds. The van der Waals surface area contributed by atoms with Gasteiger partial charge in [-0.05, 0) is 58.3 Å². The maximum atomic E-state index is 13.2. The highest BCUT2D eigenvalue weighted by molar-refractivity contribution is 14.1. The Kier molecular flexibility index (Phi) is 10.4. The molecule has 2 aromatic carbocycles. The fourth-order valence-electron chi connectivity index (χ4n) is 5.03. The summed E-state index contributed by atoms with van der Waals surface area (Å²) in [4.78, 5) is 42.6. The van der Waals surface area contributed by atoms with E-state index in [9.17, 15) is 24.6 Å². The van der Waals surface area contributed by atoms with Crippen molar-refractivity contribution in [3.8, 4) is 11.5 Å². The Labute approximate surface area is 251 Å². The molecule has 0 bridgehead atoms. The molecule has 4 rings (SSSR count). The van der Waals surface area contributed by atoms with E-state index in [4.69, 9.17) is 9.47 Å². The lowest BCUT2D eigenvalue weighted by molar-refractivity contribution is -0.138. The second kappa shape index (κ2) is 14.0. The number of fused-ring (bicyclic) bond motifs is 1. The van der Waals surface area contributed by atoms with Crippen LogP contribution in [0, 0.1) is 3.57 Å². The van der Waals surface area contributed by atoms with Crippen LogP contribution in [-0.4, -0.2) is 83.3 Å². The average molecular weight is 676 g/mol. The minimum Gasteiger partial charge on any atom is -0.493 e. The molecule has 10 nitrogen and oxygen atoms in total. The van der Waals surface area contributed by atoms with E-state index in [0.717, 1.165) is 16.6 Å². The first-order valence-corrected chi connectivity index (χ1v) is 14.5. The number of halogens is 1. The summed E-state index contributed by atoms with van der Waals surface area (Å²) in [6.07, 6.45) is 0.908. The van der Waals surface area contributed by atoms with Crippen molar-refractivity contribution in [3.63, 3.8) is 0 Å². The molecule has 41 heavy (non-hydrogen) atoms. The van der Waals surface area contributed by atoms with E-state index in [1.54, 1.807) is 24.0 Å². The summed E-state index contributed by atoms with van der Waals surface area (Å²) in [6, 6.07) is 12.4. The number of aliphatic hydroxyl groups excluding tert-OH is 2. The van der Waals surface area contributed by atoms with Gasteiger partial charge in [0, 0.05) is 54.7 Å². The number of benzene rings is 2. The molecular formula is C30H34IN3O7. The molecular weight excluding hydrogens is 641 g/mol. The second-order valence-corrected chi connectivity index (χ2v) is 10.9. The van der Waals surface area contributed by atoms with Crippen LogP contribution in [0.4, 0.5) is 0 Å². The molecule has 4 N–H and O–H groups in total. The van der Waals surface area contributed by atoms with Gasteiger partial charge in [-0.1, -0.05) is 25.1 Å². The molecule has 1 aliphatic rings. The zero-order chi connectivity index (χ0) is 29.5. The van der Waals surface area contributed by atoms with Crippen molar-refractivity contribution in [1.82, 2.24) is 15.2 Å². The number of ether oxygens (including phenoxy) is 2. The van der Waals surface area contributed by atoms with Crippen molar-refractivity contribution >= 4 is 51.6 Å². The minimum atomic E-state index is -1.17. The van der Waals surface area contributed by atoms with E-state index in [0.29, 0.717) is 45.5 Å². The predicted octanol–water partition coefficient (Wildman–Crippen LogP) is 2.99. The van der Waals surface area contributed by atoms with E-state index >= 15 is 0 Å². The van der Waals surface area contributed by atoms with Crippen LogP contribution in [0.25, 0.3) is 10.9 Å². The summed E-state index contributed by atoms with van der Waals surface area (Å²) in [7, 11) is 1.45. The van der Waals surface area contributed by atoms with Crippen LogP contribution in [0.3, 0.4) is 0 Å². The number of carbonyl (C=O) groups is 3. The molecule has 3 atom stereocenters. The first-order valence-electron chi connectivity index (χ1n) is 13.4. The predicted molar refractivity (Wildman–Crippen MR) is 162 cm³/mol. The van der Waals surface area contributed by atoms with Gasteiger partial charge in [0.15, 0.2) is 11.5 Å². The van der Waals surface area contributed by atoms with Crippen LogP contribution in [0.1, 0.15) is 35.8 Å². The van der Waals surface area contributed by atoms with Crippen LogP contribution in [-0.2, 0) is 16.0 Å². The Morgan fingerprint density at radius 1 is 1.24 bits per heavy atom. The third-order valence-electron chi connectivity index (χ3n) is 7.09. The van der Waals surface area contributed by atoms with E-state index in [-0.39, 0.29) is 31.9 Å². The lowest BCUT2D eigenvalue weighted by atomic mass is 9.87. The van der Waals surface area contributed by atoms with Gasteiger partial charge < -0.3 is 34.9 Å². The van der Waals surface area contributed by atoms with Crippen LogP contribution in [0.2, 0.25) is 0 Å². The minimum absolute atomic E-state index is 0.0613. The SMILES string of the molecule is CCC(=O)N(CCc1cc2ccccc2[nH]1)[C@@H]1CC(C(=O)NCCO)=C[C@H](Oc2c(I)cc(C=O)cc2OC)[C@H]1O. The number of aliphatic hydroxyl groups is 2. The number of amides is 2. The van der Waals surface area contributed by atoms with Crippen molar-refractivity contribution in [2.24, 2.45) is 0 Å². The zero-order valence-electron chi connectivity index (χ0n) is 22.9. The molecule has 0 fully saturated rings. The molecule has 1 heterocycles. The fraction of sp³-hybridized carbons (Fsp3) is 0.367. The van der Waals surface area contributed by atoms with Gasteiger partial charge in [-0.15, -0.1) is 0 Å². The van der Waals surface area contributed by atoms with E-state index < -0.39 is 24.2 Å². The lowest BCUT2D eigenvalue weighted by Gasteiger charge is -2.40. The number of aromatic amines is 1. The molecule has 0 spiro atoms. The Hall–Kier alpha value is -3.42. The van der Waals surface area contributed by atoms with Crippen LogP contribution in [0.15, 0.2) is 54.1 Å². The highest BCUT2D eigenvalue weighted by Gasteiger charge is 2.40. The number of aldehydes is 1. The smallest absolute Gasteiger partial charge is 0.247 e. The Balaban J connectivity index is 1.66. The van der Waals surface area contributed by atoms with Gasteiger partial charge in [-0.25, -0.2) is 0 Å². The monoisotopic (exact) mass is 675 g/mol. The molecule has 11 heteroatoms. The highest BCUT2D eigenvalue weighted by atomic mass is 127. The number of aromatic nitrogens is 1. The molecule has 0 saturated carbocycles. The fourth-order valence-corrected chi connectivity index (χ4v) is 5.78. The zero-order valence-corrected chi connectivity index (χ0v) is 25.1. The van der Waals surface area contributed by atoms with Crippen molar-refractivity contribution in [1.29, 1.82) is 0 Å². The van der Waals surface area contributed by atoms with Crippen LogP contribution >= 0.6 is 22.6 Å². The van der Waals surface area contributed by atoms with Gasteiger partial charge in [-0.2, -0.15) is 0 Å². The molecule has 1 aromatic heterocycles. The summed E-state index contributed by atoms with van der Waals surface area (Å²) in [6.45, 7) is 1.91. The Bertz CT molecular complexity index is 1400. The maximum Gasteiger partial charge on any atom is 0.247 e. The van der Waals surface area contributed by atoms with Gasteiger partial charge in [-0.3, -0.25) is 14.4 Å². The van der Waals surface area contributed by atoms with Crippen molar-refractivity contribution in [2.75, 3.05) is 26.8 Å². The summed E-state index contributed by atoms with van der Waals surface area (Å²) in [5.41, 5.74) is 2.68. The van der Waals surface area contributed by atoms with E-state index in [1.165, 1.54) is 13.2 Å². The maximum absolute atomic E-state index is 13.2. The van der Waals surface area contributed by atoms with Crippen LogP contribution < -0.4 is 14.8 Å². The first kappa shape index (κ1) is 30.5. The number of rotatable bonds is 12. The molecule has 0 unspecified atom stereocenters. The molecule has 3 aromatic rings. The number of hydrogen-bond donors (Lipinski definition) is 4. The molecule has 1 aliphatic carbocycles. The topological polar surface area (TPSA) is 141 Å². The molecule has 0 radical (unpaired) electrons. The van der Waals surface area contributed by atoms with Crippen molar-refractivity contribution < 1.29 is 34.1 Å². The molecule has 0 aliphatic heterocycles. The highest BCUT2D eigenvalue weighted by Crippen LogP contribution is 2.37. The summed E-state index contributed by atoms with van der Waals surface area (Å²) in [5, 5.41) is 24.5. The largest absolute Gasteiger partial charge is 0.493 e. The molecule has 218 valence electrons. The number of H-pyrrole nitrogens is 1. The standard InChI is InChI=1S/C30H34IN3O7/c1-3-27(37)34(10-8-21-14-19-6-4-5-7-23(19)33-21)24-15-20(30(39)32-9-11-35)16-25(28(24)38)41-29-22(31)12-18(17-36)13-26(29)40-2/h4-7,12-14,16-17,24-25,28,33,35,38H,3,8-11,15H2,1-2H3,(H,32,39)/t24-,25+,28+/m1/s1. The average Bonchev–Trinajstić information content (AvgIpc) is 3.41. The normalized spacial score (nSPS) is 18.5.